The quantitative estimate of drug-likeness (QED) is 0.531. The summed E-state index contributed by atoms with van der Waals surface area (Å²) < 4.78 is 0.920. The second-order valence-corrected chi connectivity index (χ2v) is 11.1. The first kappa shape index (κ1) is 17.5. The van der Waals surface area contributed by atoms with Gasteiger partial charge in [0.15, 0.2) is 0 Å². The normalized spacial score (nSPS) is 10.0. The smallest absolute Gasteiger partial charge is 0.129 e. The highest BCUT2D eigenvalue weighted by Crippen LogP contribution is 2.03. The van der Waals surface area contributed by atoms with Crippen LogP contribution in [-0.4, -0.2) is 28.0 Å². The summed E-state index contributed by atoms with van der Waals surface area (Å²) in [6.45, 7) is 10.4. The summed E-state index contributed by atoms with van der Waals surface area (Å²) in [7, 11) is -1.27. The maximum Gasteiger partial charge on any atom is 0.129 e. The number of rotatable bonds is 0. The van der Waals surface area contributed by atoms with Crippen molar-refractivity contribution < 1.29 is 0 Å². The van der Waals surface area contributed by atoms with Crippen molar-refractivity contribution in [3.63, 3.8) is 0 Å². The lowest BCUT2D eigenvalue weighted by atomic mass is 10.4. The molecule has 0 aliphatic heterocycles. The van der Waals surface area contributed by atoms with Crippen LogP contribution >= 0.6 is 15.9 Å². The Morgan fingerprint density at radius 3 is 1.67 bits per heavy atom. The molecule has 0 saturated heterocycles. The van der Waals surface area contributed by atoms with Crippen LogP contribution in [0.25, 0.3) is 0 Å². The lowest BCUT2D eigenvalue weighted by Crippen LogP contribution is -2.16. The van der Waals surface area contributed by atoms with Crippen molar-refractivity contribution in [2.45, 2.75) is 33.5 Å². The molecule has 2 heterocycles. The summed E-state index contributed by atoms with van der Waals surface area (Å²) in [6.07, 6.45) is 7.00. The van der Waals surface area contributed by atoms with Crippen LogP contribution in [0.1, 0.15) is 17.2 Å². The summed E-state index contributed by atoms with van der Waals surface area (Å²) in [4.78, 5) is 16.0. The zero-order chi connectivity index (χ0) is 15.9. The predicted octanol–water partition coefficient (Wildman–Crippen LogP) is 3.56. The van der Waals surface area contributed by atoms with Gasteiger partial charge in [0.2, 0.25) is 0 Å². The Kier molecular flexibility index (Phi) is 6.66. The summed E-state index contributed by atoms with van der Waals surface area (Å²) in [5.74, 6) is 4.69. The Labute approximate surface area is 135 Å². The highest BCUT2D eigenvalue weighted by molar-refractivity contribution is 9.10. The van der Waals surface area contributed by atoms with Gasteiger partial charge in [-0.2, -0.15) is 0 Å². The average molecular weight is 363 g/mol. The van der Waals surface area contributed by atoms with Crippen molar-refractivity contribution in [1.29, 1.82) is 0 Å². The number of aromatic nitrogens is 4. The minimum atomic E-state index is -1.27. The highest BCUT2D eigenvalue weighted by atomic mass is 79.9. The third-order valence-electron chi connectivity index (χ3n) is 2.11. The number of nitrogens with zero attached hydrogens (tertiary/aromatic N) is 4. The summed E-state index contributed by atoms with van der Waals surface area (Å²) in [5.41, 5.74) is 4.18. The van der Waals surface area contributed by atoms with E-state index in [2.05, 4.69) is 67.0 Å². The Morgan fingerprint density at radius 2 is 1.29 bits per heavy atom. The van der Waals surface area contributed by atoms with Crippen molar-refractivity contribution in [3.05, 3.63) is 46.5 Å². The first-order chi connectivity index (χ1) is 9.76. The molecule has 0 unspecified atom stereocenters. The molecule has 0 radical (unpaired) electrons. The van der Waals surface area contributed by atoms with Gasteiger partial charge in [-0.3, -0.25) is 0 Å². The molecule has 21 heavy (non-hydrogen) atoms. The first-order valence-corrected chi connectivity index (χ1v) is 10.8. The van der Waals surface area contributed by atoms with Gasteiger partial charge in [0, 0.05) is 24.8 Å². The van der Waals surface area contributed by atoms with E-state index >= 15 is 0 Å². The van der Waals surface area contributed by atoms with E-state index in [0.29, 0.717) is 0 Å². The lowest BCUT2D eigenvalue weighted by molar-refractivity contribution is 1.04. The van der Waals surface area contributed by atoms with Crippen LogP contribution in [0.2, 0.25) is 19.6 Å². The van der Waals surface area contributed by atoms with Gasteiger partial charge in [0.1, 0.15) is 19.7 Å². The van der Waals surface area contributed by atoms with Crippen LogP contribution in [0, 0.1) is 25.3 Å². The van der Waals surface area contributed by atoms with Crippen molar-refractivity contribution in [2.75, 3.05) is 0 Å². The molecule has 2 rings (SSSR count). The Balaban J connectivity index is 0.000000235. The van der Waals surface area contributed by atoms with Gasteiger partial charge in [-0.1, -0.05) is 25.6 Å². The molecule has 110 valence electrons. The fourth-order valence-corrected chi connectivity index (χ4v) is 1.82. The molecule has 0 bridgehead atoms. The minimum absolute atomic E-state index is 0.790. The number of aryl methyl sites for hydroxylation is 2. The summed E-state index contributed by atoms with van der Waals surface area (Å²) in [6, 6.07) is 0. The molecule has 0 saturated carbocycles. The number of halogens is 1. The standard InChI is InChI=1S/C10H14N2Si.C5H5BrN2/c1-9-11-7-10(8-12-9)5-6-13(2,3)4;1-4-7-2-5(6)3-8-4/h7-8H,1-4H3;2-3H,1H3. The Morgan fingerprint density at radius 1 is 0.857 bits per heavy atom. The SMILES string of the molecule is Cc1ncc(Br)cn1.Cc1ncc(C#C[Si](C)(C)C)cn1. The van der Waals surface area contributed by atoms with E-state index in [4.69, 9.17) is 0 Å². The fourth-order valence-electron chi connectivity index (χ4n) is 1.09. The van der Waals surface area contributed by atoms with Crippen molar-refractivity contribution in [2.24, 2.45) is 0 Å². The summed E-state index contributed by atoms with van der Waals surface area (Å²) >= 11 is 3.22. The number of hydrogen-bond donors (Lipinski definition) is 0. The van der Waals surface area contributed by atoms with Crippen LogP contribution in [0.4, 0.5) is 0 Å². The Hall–Kier alpha value is -1.58. The van der Waals surface area contributed by atoms with Gasteiger partial charge in [0.25, 0.3) is 0 Å². The zero-order valence-corrected chi connectivity index (χ0v) is 15.6. The molecule has 2 aromatic heterocycles. The monoisotopic (exact) mass is 362 g/mol. The molecule has 2 aromatic rings. The predicted molar refractivity (Wildman–Crippen MR) is 91.5 cm³/mol. The van der Waals surface area contributed by atoms with E-state index in [1.807, 2.05) is 13.8 Å². The van der Waals surface area contributed by atoms with E-state index < -0.39 is 8.07 Å². The second kappa shape index (κ2) is 8.01. The largest absolute Gasteiger partial charge is 0.241 e. The van der Waals surface area contributed by atoms with Gasteiger partial charge in [0.05, 0.1) is 10.0 Å². The molecule has 0 spiro atoms. The van der Waals surface area contributed by atoms with Gasteiger partial charge < -0.3 is 0 Å². The van der Waals surface area contributed by atoms with Crippen LogP contribution in [0.5, 0.6) is 0 Å². The van der Waals surface area contributed by atoms with Gasteiger partial charge in [-0.25, -0.2) is 19.9 Å². The van der Waals surface area contributed by atoms with E-state index in [1.54, 1.807) is 24.8 Å². The molecule has 0 aliphatic rings. The third-order valence-corrected chi connectivity index (χ3v) is 3.40. The van der Waals surface area contributed by atoms with E-state index in [0.717, 1.165) is 21.7 Å². The summed E-state index contributed by atoms with van der Waals surface area (Å²) in [5, 5.41) is 0. The molecule has 0 amide bonds. The lowest BCUT2D eigenvalue weighted by Gasteiger charge is -2.02. The molecule has 0 aromatic carbocycles. The van der Waals surface area contributed by atoms with Crippen LogP contribution in [-0.2, 0) is 0 Å². The zero-order valence-electron chi connectivity index (χ0n) is 13.0. The van der Waals surface area contributed by atoms with Gasteiger partial charge in [-0.15, -0.1) is 5.54 Å². The van der Waals surface area contributed by atoms with E-state index in [1.165, 1.54) is 0 Å². The van der Waals surface area contributed by atoms with Crippen molar-refractivity contribution >= 4 is 24.0 Å². The Bertz CT molecular complexity index is 601. The van der Waals surface area contributed by atoms with Crippen LogP contribution in [0.3, 0.4) is 0 Å². The molecule has 0 aliphatic carbocycles. The molecule has 0 fully saturated rings. The molecular weight excluding hydrogens is 344 g/mol. The highest BCUT2D eigenvalue weighted by Gasteiger charge is 2.07. The third kappa shape index (κ3) is 8.33. The van der Waals surface area contributed by atoms with E-state index in [-0.39, 0.29) is 0 Å². The van der Waals surface area contributed by atoms with Crippen molar-refractivity contribution in [1.82, 2.24) is 19.9 Å². The molecule has 4 nitrogen and oxygen atoms in total. The molecular formula is C15H19BrN4Si. The molecule has 0 atom stereocenters. The molecule has 0 N–H and O–H groups in total. The average Bonchev–Trinajstić information content (AvgIpc) is 2.41. The molecule has 6 heteroatoms. The van der Waals surface area contributed by atoms with Gasteiger partial charge >= 0.3 is 0 Å². The van der Waals surface area contributed by atoms with Crippen LogP contribution in [0.15, 0.2) is 29.3 Å². The maximum absolute atomic E-state index is 4.08. The minimum Gasteiger partial charge on any atom is -0.241 e. The van der Waals surface area contributed by atoms with Crippen molar-refractivity contribution in [3.8, 4) is 11.5 Å². The van der Waals surface area contributed by atoms with Crippen LogP contribution < -0.4 is 0 Å². The van der Waals surface area contributed by atoms with Gasteiger partial charge in [-0.05, 0) is 29.8 Å². The van der Waals surface area contributed by atoms with E-state index in [9.17, 15) is 0 Å². The maximum atomic E-state index is 4.08. The topological polar surface area (TPSA) is 51.6 Å². The first-order valence-electron chi connectivity index (χ1n) is 6.52. The fraction of sp³-hybridized carbons (Fsp3) is 0.333. The number of hydrogen-bond acceptors (Lipinski definition) is 4. The second-order valence-electron chi connectivity index (χ2n) is 5.47.